The molecule has 20 heavy (non-hydrogen) atoms. The summed E-state index contributed by atoms with van der Waals surface area (Å²) in [5.74, 6) is 0.281. The number of carbonyl (C=O) groups is 2. The summed E-state index contributed by atoms with van der Waals surface area (Å²) in [4.78, 5) is 29.7. The Bertz CT molecular complexity index is 360. The highest BCUT2D eigenvalue weighted by Crippen LogP contribution is 2.19. The van der Waals surface area contributed by atoms with E-state index in [1.54, 1.807) is 19.0 Å². The summed E-state index contributed by atoms with van der Waals surface area (Å²) in [6.07, 6.45) is 2.25. The number of piperazine rings is 1. The van der Waals surface area contributed by atoms with Gasteiger partial charge in [-0.15, -0.1) is 0 Å². The van der Waals surface area contributed by atoms with Gasteiger partial charge in [0, 0.05) is 46.3 Å². The molecule has 114 valence electrons. The standard InChI is InChI=1S/C14H26N4O2/c1-11(14(20)15-12-4-5-12)18-8-6-17(7-9-18)10-13(19)16(2)3/h11-12H,4-10H2,1-3H3,(H,15,20). The number of nitrogens with zero attached hydrogens (tertiary/aromatic N) is 3. The van der Waals surface area contributed by atoms with E-state index in [9.17, 15) is 9.59 Å². The van der Waals surface area contributed by atoms with Crippen molar-refractivity contribution in [3.05, 3.63) is 0 Å². The summed E-state index contributed by atoms with van der Waals surface area (Å²) in [6, 6.07) is 0.353. The number of hydrogen-bond acceptors (Lipinski definition) is 4. The molecule has 1 heterocycles. The van der Waals surface area contributed by atoms with Gasteiger partial charge in [-0.05, 0) is 19.8 Å². The Morgan fingerprint density at radius 2 is 1.80 bits per heavy atom. The Labute approximate surface area is 121 Å². The van der Waals surface area contributed by atoms with Crippen LogP contribution in [0.3, 0.4) is 0 Å². The van der Waals surface area contributed by atoms with E-state index in [1.165, 1.54) is 0 Å². The fourth-order valence-electron chi connectivity index (χ4n) is 2.36. The minimum atomic E-state index is -0.0673. The number of nitrogens with one attached hydrogen (secondary N) is 1. The molecule has 1 atom stereocenters. The molecule has 2 aliphatic rings. The quantitative estimate of drug-likeness (QED) is 0.729. The molecular weight excluding hydrogens is 256 g/mol. The Morgan fingerprint density at radius 3 is 2.30 bits per heavy atom. The van der Waals surface area contributed by atoms with E-state index in [2.05, 4.69) is 15.1 Å². The zero-order valence-corrected chi connectivity index (χ0v) is 12.8. The van der Waals surface area contributed by atoms with Gasteiger partial charge < -0.3 is 10.2 Å². The lowest BCUT2D eigenvalue weighted by molar-refractivity contribution is -0.131. The minimum Gasteiger partial charge on any atom is -0.352 e. The summed E-state index contributed by atoms with van der Waals surface area (Å²) in [7, 11) is 3.56. The van der Waals surface area contributed by atoms with E-state index in [-0.39, 0.29) is 17.9 Å². The van der Waals surface area contributed by atoms with Gasteiger partial charge in [-0.25, -0.2) is 0 Å². The third-order valence-electron chi connectivity index (χ3n) is 4.12. The number of likely N-dealkylation sites (N-methyl/N-ethyl adjacent to an activating group) is 1. The predicted octanol–water partition coefficient (Wildman–Crippen LogP) is -0.641. The molecule has 1 aliphatic heterocycles. The van der Waals surface area contributed by atoms with Crippen molar-refractivity contribution in [3.63, 3.8) is 0 Å². The van der Waals surface area contributed by atoms with Crippen molar-refractivity contribution in [2.75, 3.05) is 46.8 Å². The molecule has 0 aromatic carbocycles. The Balaban J connectivity index is 1.72. The lowest BCUT2D eigenvalue weighted by Gasteiger charge is -2.37. The topological polar surface area (TPSA) is 55.9 Å². The van der Waals surface area contributed by atoms with Gasteiger partial charge in [0.2, 0.25) is 11.8 Å². The van der Waals surface area contributed by atoms with Crippen LogP contribution >= 0.6 is 0 Å². The van der Waals surface area contributed by atoms with E-state index in [0.717, 1.165) is 39.0 Å². The third-order valence-corrected chi connectivity index (χ3v) is 4.12. The first-order valence-corrected chi connectivity index (χ1v) is 7.44. The van der Waals surface area contributed by atoms with Crippen molar-refractivity contribution in [3.8, 4) is 0 Å². The van der Waals surface area contributed by atoms with Gasteiger partial charge in [0.15, 0.2) is 0 Å². The molecule has 1 aliphatic carbocycles. The molecule has 6 nitrogen and oxygen atoms in total. The van der Waals surface area contributed by atoms with E-state index in [1.807, 2.05) is 6.92 Å². The largest absolute Gasteiger partial charge is 0.352 e. The molecule has 0 radical (unpaired) electrons. The van der Waals surface area contributed by atoms with Crippen LogP contribution in [0, 0.1) is 0 Å². The van der Waals surface area contributed by atoms with Crippen molar-refractivity contribution in [1.29, 1.82) is 0 Å². The van der Waals surface area contributed by atoms with Crippen LogP contribution in [0.1, 0.15) is 19.8 Å². The molecule has 6 heteroatoms. The van der Waals surface area contributed by atoms with E-state index >= 15 is 0 Å². The molecule has 1 saturated heterocycles. The normalized spacial score (nSPS) is 22.4. The second kappa shape index (κ2) is 6.54. The van der Waals surface area contributed by atoms with Crippen LogP contribution < -0.4 is 5.32 Å². The van der Waals surface area contributed by atoms with Crippen molar-refractivity contribution >= 4 is 11.8 Å². The van der Waals surface area contributed by atoms with Gasteiger partial charge in [-0.3, -0.25) is 19.4 Å². The zero-order valence-electron chi connectivity index (χ0n) is 12.8. The number of carbonyl (C=O) groups excluding carboxylic acids is 2. The minimum absolute atomic E-state index is 0.0673. The molecule has 2 rings (SSSR count). The highest BCUT2D eigenvalue weighted by molar-refractivity contribution is 5.82. The first-order valence-electron chi connectivity index (χ1n) is 7.44. The average molecular weight is 282 g/mol. The molecule has 0 spiro atoms. The van der Waals surface area contributed by atoms with Gasteiger partial charge in [-0.1, -0.05) is 0 Å². The second-order valence-corrected chi connectivity index (χ2v) is 6.06. The molecule has 1 saturated carbocycles. The Kier molecular flexibility index (Phi) is 4.99. The van der Waals surface area contributed by atoms with Crippen LogP contribution in [0.15, 0.2) is 0 Å². The lowest BCUT2D eigenvalue weighted by atomic mass is 10.2. The van der Waals surface area contributed by atoms with E-state index in [0.29, 0.717) is 12.6 Å². The van der Waals surface area contributed by atoms with Crippen LogP contribution in [-0.2, 0) is 9.59 Å². The number of amides is 2. The molecule has 1 N–H and O–H groups in total. The van der Waals surface area contributed by atoms with Crippen LogP contribution in [0.2, 0.25) is 0 Å². The summed E-state index contributed by atoms with van der Waals surface area (Å²) >= 11 is 0. The SMILES string of the molecule is CC(C(=O)NC1CC1)N1CCN(CC(=O)N(C)C)CC1. The molecule has 0 aromatic rings. The predicted molar refractivity (Wildman–Crippen MR) is 77.3 cm³/mol. The first kappa shape index (κ1) is 15.3. The van der Waals surface area contributed by atoms with Crippen molar-refractivity contribution in [2.45, 2.75) is 31.8 Å². The van der Waals surface area contributed by atoms with Gasteiger partial charge in [0.1, 0.15) is 0 Å². The Morgan fingerprint density at radius 1 is 1.20 bits per heavy atom. The fourth-order valence-corrected chi connectivity index (χ4v) is 2.36. The monoisotopic (exact) mass is 282 g/mol. The fraction of sp³-hybridized carbons (Fsp3) is 0.857. The van der Waals surface area contributed by atoms with Crippen LogP contribution in [0.5, 0.6) is 0 Å². The van der Waals surface area contributed by atoms with Gasteiger partial charge in [0.25, 0.3) is 0 Å². The molecule has 1 unspecified atom stereocenters. The summed E-state index contributed by atoms with van der Waals surface area (Å²) < 4.78 is 0. The summed E-state index contributed by atoms with van der Waals surface area (Å²) in [6.45, 7) is 5.84. The molecule has 2 fully saturated rings. The smallest absolute Gasteiger partial charge is 0.237 e. The number of hydrogen-bond donors (Lipinski definition) is 1. The van der Waals surface area contributed by atoms with Crippen molar-refractivity contribution < 1.29 is 9.59 Å². The third kappa shape index (κ3) is 4.18. The van der Waals surface area contributed by atoms with Crippen molar-refractivity contribution in [2.24, 2.45) is 0 Å². The maximum Gasteiger partial charge on any atom is 0.237 e. The molecule has 2 amide bonds. The average Bonchev–Trinajstić information content (AvgIpc) is 3.22. The lowest BCUT2D eigenvalue weighted by Crippen LogP contribution is -2.55. The van der Waals surface area contributed by atoms with E-state index < -0.39 is 0 Å². The van der Waals surface area contributed by atoms with Crippen LogP contribution in [0.4, 0.5) is 0 Å². The molecule has 0 bridgehead atoms. The van der Waals surface area contributed by atoms with E-state index in [4.69, 9.17) is 0 Å². The van der Waals surface area contributed by atoms with Gasteiger partial charge in [0.05, 0.1) is 12.6 Å². The number of rotatable bonds is 5. The van der Waals surface area contributed by atoms with Crippen LogP contribution in [0.25, 0.3) is 0 Å². The van der Waals surface area contributed by atoms with Gasteiger partial charge >= 0.3 is 0 Å². The maximum absolute atomic E-state index is 12.0. The Hall–Kier alpha value is -1.14. The summed E-state index contributed by atoms with van der Waals surface area (Å²) in [5, 5.41) is 3.05. The maximum atomic E-state index is 12.0. The zero-order chi connectivity index (χ0) is 14.7. The van der Waals surface area contributed by atoms with Crippen LogP contribution in [-0.4, -0.2) is 85.4 Å². The first-order chi connectivity index (χ1) is 9.47. The molecular formula is C14H26N4O2. The molecule has 0 aromatic heterocycles. The highest BCUT2D eigenvalue weighted by atomic mass is 16.2. The summed E-state index contributed by atoms with van der Waals surface area (Å²) in [5.41, 5.74) is 0. The second-order valence-electron chi connectivity index (χ2n) is 6.06. The van der Waals surface area contributed by atoms with Crippen molar-refractivity contribution in [1.82, 2.24) is 20.0 Å². The van der Waals surface area contributed by atoms with Gasteiger partial charge in [-0.2, -0.15) is 0 Å². The highest BCUT2D eigenvalue weighted by Gasteiger charge is 2.30.